The highest BCUT2D eigenvalue weighted by Crippen LogP contribution is 2.15. The molecule has 0 bridgehead atoms. The van der Waals surface area contributed by atoms with Crippen molar-refractivity contribution in [1.82, 2.24) is 14.9 Å². The number of rotatable bonds is 10. The zero-order valence-corrected chi connectivity index (χ0v) is 19.6. The van der Waals surface area contributed by atoms with Gasteiger partial charge in [0, 0.05) is 38.8 Å². The predicted octanol–water partition coefficient (Wildman–Crippen LogP) is 1.77. The van der Waals surface area contributed by atoms with Gasteiger partial charge < -0.3 is 15.7 Å². The first-order valence-corrected chi connectivity index (χ1v) is 11.2. The number of aliphatic hydroxyl groups is 1. The molecule has 1 aliphatic heterocycles. The molecule has 7 nitrogen and oxygen atoms in total. The lowest BCUT2D eigenvalue weighted by Gasteiger charge is -2.32. The summed E-state index contributed by atoms with van der Waals surface area (Å²) < 4.78 is 25.5. The summed E-state index contributed by atoms with van der Waals surface area (Å²) in [5.41, 5.74) is 0. The number of halogens is 1. The third-order valence-corrected chi connectivity index (χ3v) is 6.52. The van der Waals surface area contributed by atoms with E-state index in [4.69, 9.17) is 0 Å². The number of piperidine rings is 1. The maximum atomic E-state index is 11.9. The van der Waals surface area contributed by atoms with Crippen LogP contribution in [0.2, 0.25) is 0 Å². The first-order chi connectivity index (χ1) is 12.0. The number of aliphatic hydroxyl groups excluding tert-OH is 1. The molecule has 156 valence electrons. The summed E-state index contributed by atoms with van der Waals surface area (Å²) in [6.45, 7) is 8.69. The van der Waals surface area contributed by atoms with E-state index in [1.54, 1.807) is 11.2 Å². The van der Waals surface area contributed by atoms with Crippen molar-refractivity contribution in [2.45, 2.75) is 58.9 Å². The summed E-state index contributed by atoms with van der Waals surface area (Å²) in [4.78, 5) is 4.68. The monoisotopic (exact) mass is 504 g/mol. The molecule has 0 amide bonds. The second-order valence-corrected chi connectivity index (χ2v) is 8.86. The number of sulfonamides is 1. The first kappa shape index (κ1) is 25.9. The molecule has 0 aliphatic carbocycles. The molecule has 0 aromatic carbocycles. The van der Waals surface area contributed by atoms with Crippen LogP contribution >= 0.6 is 24.0 Å². The molecule has 1 atom stereocenters. The van der Waals surface area contributed by atoms with Crippen molar-refractivity contribution < 1.29 is 13.5 Å². The van der Waals surface area contributed by atoms with Crippen LogP contribution < -0.4 is 10.6 Å². The Bertz CT molecular complexity index is 488. The second-order valence-electron chi connectivity index (χ2n) is 6.60. The van der Waals surface area contributed by atoms with Crippen LogP contribution in [-0.2, 0) is 10.0 Å². The Morgan fingerprint density at radius 3 is 2.38 bits per heavy atom. The van der Waals surface area contributed by atoms with Gasteiger partial charge in [-0.25, -0.2) is 12.7 Å². The van der Waals surface area contributed by atoms with Crippen LogP contribution in [0.3, 0.4) is 0 Å². The van der Waals surface area contributed by atoms with Gasteiger partial charge in [0.15, 0.2) is 5.96 Å². The van der Waals surface area contributed by atoms with Gasteiger partial charge in [-0.1, -0.05) is 13.3 Å². The smallest absolute Gasteiger partial charge is 0.213 e. The molecule has 0 aromatic heterocycles. The molecule has 0 aromatic rings. The normalized spacial score (nSPS) is 18.2. The molecular weight excluding hydrogens is 467 g/mol. The van der Waals surface area contributed by atoms with Gasteiger partial charge in [0.05, 0.1) is 5.75 Å². The fourth-order valence-corrected chi connectivity index (χ4v) is 4.24. The molecule has 1 rings (SSSR count). The minimum atomic E-state index is -3.08. The van der Waals surface area contributed by atoms with Gasteiger partial charge in [0.2, 0.25) is 10.0 Å². The summed E-state index contributed by atoms with van der Waals surface area (Å²) in [6.07, 6.45) is 4.52. The topological polar surface area (TPSA) is 94.0 Å². The van der Waals surface area contributed by atoms with Gasteiger partial charge in [-0.05, 0) is 45.4 Å². The fourth-order valence-electron chi connectivity index (χ4n) is 3.11. The van der Waals surface area contributed by atoms with Crippen LogP contribution in [0, 0.1) is 5.92 Å². The highest BCUT2D eigenvalue weighted by molar-refractivity contribution is 14.0. The van der Waals surface area contributed by atoms with Crippen molar-refractivity contribution >= 4 is 40.0 Å². The Balaban J connectivity index is 0.00000625. The van der Waals surface area contributed by atoms with Crippen molar-refractivity contribution in [3.8, 4) is 0 Å². The number of hydrogen-bond donors (Lipinski definition) is 3. The van der Waals surface area contributed by atoms with Crippen LogP contribution in [0.15, 0.2) is 4.99 Å². The Labute approximate surface area is 176 Å². The third kappa shape index (κ3) is 9.18. The summed E-state index contributed by atoms with van der Waals surface area (Å²) in [6, 6.07) is 0.239. The molecule has 1 fully saturated rings. The van der Waals surface area contributed by atoms with Gasteiger partial charge in [0.25, 0.3) is 0 Å². The van der Waals surface area contributed by atoms with Gasteiger partial charge in [0.1, 0.15) is 0 Å². The van der Waals surface area contributed by atoms with E-state index in [0.717, 1.165) is 44.6 Å². The summed E-state index contributed by atoms with van der Waals surface area (Å²) in [5, 5.41) is 15.9. The molecule has 26 heavy (non-hydrogen) atoms. The minimum absolute atomic E-state index is 0. The highest BCUT2D eigenvalue weighted by atomic mass is 127. The van der Waals surface area contributed by atoms with Gasteiger partial charge >= 0.3 is 0 Å². The Morgan fingerprint density at radius 2 is 1.88 bits per heavy atom. The van der Waals surface area contributed by atoms with Crippen molar-refractivity contribution in [2.75, 3.05) is 38.5 Å². The van der Waals surface area contributed by atoms with E-state index in [1.807, 2.05) is 6.92 Å². The average Bonchev–Trinajstić information content (AvgIpc) is 2.60. The molecule has 1 saturated heterocycles. The number of nitrogens with one attached hydrogen (secondary N) is 2. The van der Waals surface area contributed by atoms with Gasteiger partial charge in [-0.2, -0.15) is 0 Å². The number of guanidine groups is 1. The molecular formula is C17H37IN4O3S. The van der Waals surface area contributed by atoms with E-state index in [1.165, 1.54) is 0 Å². The minimum Gasteiger partial charge on any atom is -0.396 e. The fraction of sp³-hybridized carbons (Fsp3) is 0.941. The van der Waals surface area contributed by atoms with Gasteiger partial charge in [-0.3, -0.25) is 4.99 Å². The Kier molecular flexibility index (Phi) is 13.9. The van der Waals surface area contributed by atoms with Gasteiger partial charge in [-0.15, -0.1) is 24.0 Å². The van der Waals surface area contributed by atoms with E-state index in [2.05, 4.69) is 22.5 Å². The lowest BCUT2D eigenvalue weighted by atomic mass is 10.0. The first-order valence-electron chi connectivity index (χ1n) is 9.60. The van der Waals surface area contributed by atoms with E-state index in [9.17, 15) is 13.5 Å². The highest BCUT2D eigenvalue weighted by Gasteiger charge is 2.27. The lowest BCUT2D eigenvalue weighted by Crippen LogP contribution is -2.50. The van der Waals surface area contributed by atoms with Crippen molar-refractivity contribution in [2.24, 2.45) is 10.9 Å². The van der Waals surface area contributed by atoms with E-state index >= 15 is 0 Å². The van der Waals surface area contributed by atoms with E-state index in [-0.39, 0.29) is 42.4 Å². The molecule has 3 N–H and O–H groups in total. The van der Waals surface area contributed by atoms with Crippen LogP contribution in [0.5, 0.6) is 0 Å². The molecule has 9 heteroatoms. The van der Waals surface area contributed by atoms with E-state index in [0.29, 0.717) is 25.6 Å². The van der Waals surface area contributed by atoms with Crippen molar-refractivity contribution in [3.63, 3.8) is 0 Å². The summed E-state index contributed by atoms with van der Waals surface area (Å²) in [5.74, 6) is 1.36. The van der Waals surface area contributed by atoms with Crippen LogP contribution in [0.1, 0.15) is 52.9 Å². The molecule has 0 radical (unpaired) electrons. The standard InChI is InChI=1S/C17H36N4O3S.HI/c1-4-7-15(10-13-22)14-19-17(18-5-2)20-16-8-11-21(12-9-16)25(23,24)6-3;/h15-16,22H,4-14H2,1-3H3,(H2,18,19,20);1H. The van der Waals surface area contributed by atoms with Crippen LogP contribution in [0.4, 0.5) is 0 Å². The SMILES string of the molecule is CCCC(CCO)CN=C(NCC)NC1CCN(S(=O)(=O)CC)CC1.I. The maximum absolute atomic E-state index is 11.9. The predicted molar refractivity (Wildman–Crippen MR) is 119 cm³/mol. The zero-order chi connectivity index (χ0) is 18.7. The summed E-state index contributed by atoms with van der Waals surface area (Å²) in [7, 11) is -3.08. The molecule has 1 aliphatic rings. The largest absolute Gasteiger partial charge is 0.396 e. The lowest BCUT2D eigenvalue weighted by molar-refractivity contribution is 0.253. The number of aliphatic imine (C=N–C) groups is 1. The molecule has 1 heterocycles. The molecule has 0 spiro atoms. The Hall–Kier alpha value is -0.130. The average molecular weight is 504 g/mol. The van der Waals surface area contributed by atoms with Crippen molar-refractivity contribution in [1.29, 1.82) is 0 Å². The number of nitrogens with zero attached hydrogens (tertiary/aromatic N) is 2. The van der Waals surface area contributed by atoms with E-state index < -0.39 is 10.0 Å². The zero-order valence-electron chi connectivity index (χ0n) is 16.4. The van der Waals surface area contributed by atoms with Crippen LogP contribution in [0.25, 0.3) is 0 Å². The van der Waals surface area contributed by atoms with Crippen molar-refractivity contribution in [3.05, 3.63) is 0 Å². The van der Waals surface area contributed by atoms with Crippen LogP contribution in [-0.4, -0.2) is 68.4 Å². The molecule has 1 unspecified atom stereocenters. The molecule has 0 saturated carbocycles. The Morgan fingerprint density at radius 1 is 1.23 bits per heavy atom. The quantitative estimate of drug-likeness (QED) is 0.240. The summed E-state index contributed by atoms with van der Waals surface area (Å²) >= 11 is 0. The number of hydrogen-bond acceptors (Lipinski definition) is 4. The maximum Gasteiger partial charge on any atom is 0.213 e. The third-order valence-electron chi connectivity index (χ3n) is 4.64. The second kappa shape index (κ2) is 14.0.